The lowest BCUT2D eigenvalue weighted by Gasteiger charge is -2.33. The molecule has 2 rings (SSSR count). The molecule has 0 aliphatic carbocycles. The van der Waals surface area contributed by atoms with Gasteiger partial charge in [0.2, 0.25) is 0 Å². The van der Waals surface area contributed by atoms with E-state index in [1.165, 1.54) is 0 Å². The summed E-state index contributed by atoms with van der Waals surface area (Å²) >= 11 is 0. The molecular weight excluding hydrogens is 306 g/mol. The normalized spacial score (nSPS) is 15.9. The fourth-order valence-corrected chi connectivity index (χ4v) is 2.71. The first-order valence-electron chi connectivity index (χ1n) is 8.55. The zero-order valence-corrected chi connectivity index (χ0v) is 14.8. The number of hydrogen-bond donors (Lipinski definition) is 0. The minimum Gasteiger partial charge on any atom is -0.462 e. The minimum atomic E-state index is -0.459. The molecule has 0 N–H and O–H groups in total. The van der Waals surface area contributed by atoms with Crippen LogP contribution in [0.2, 0.25) is 0 Å². The lowest BCUT2D eigenvalue weighted by Crippen LogP contribution is -2.41. The van der Waals surface area contributed by atoms with E-state index in [0.717, 1.165) is 19.3 Å². The summed E-state index contributed by atoms with van der Waals surface area (Å²) in [6, 6.07) is 9.02. The quantitative estimate of drug-likeness (QED) is 0.785. The number of rotatable bonds is 4. The van der Waals surface area contributed by atoms with Crippen LogP contribution in [0.1, 0.15) is 50.4 Å². The van der Waals surface area contributed by atoms with Gasteiger partial charge in [0, 0.05) is 13.1 Å². The third kappa shape index (κ3) is 5.87. The molecule has 0 radical (unpaired) electrons. The summed E-state index contributed by atoms with van der Waals surface area (Å²) in [4.78, 5) is 25.6. The highest BCUT2D eigenvalue weighted by molar-refractivity contribution is 5.89. The molecule has 0 bridgehead atoms. The fraction of sp³-hybridized carbons (Fsp3) is 0.579. The molecule has 1 aliphatic rings. The van der Waals surface area contributed by atoms with Gasteiger partial charge in [0.1, 0.15) is 5.60 Å². The molecule has 0 spiro atoms. The topological polar surface area (TPSA) is 55.8 Å². The number of esters is 1. The van der Waals surface area contributed by atoms with Crippen LogP contribution in [0.3, 0.4) is 0 Å². The maximum Gasteiger partial charge on any atom is 0.410 e. The van der Waals surface area contributed by atoms with E-state index in [9.17, 15) is 9.59 Å². The van der Waals surface area contributed by atoms with Gasteiger partial charge in [0.15, 0.2) is 0 Å². The predicted molar refractivity (Wildman–Crippen MR) is 91.9 cm³/mol. The van der Waals surface area contributed by atoms with E-state index in [4.69, 9.17) is 9.47 Å². The van der Waals surface area contributed by atoms with Crippen LogP contribution in [0, 0.1) is 5.92 Å². The van der Waals surface area contributed by atoms with Crippen LogP contribution < -0.4 is 0 Å². The molecule has 24 heavy (non-hydrogen) atoms. The Morgan fingerprint density at radius 1 is 1.12 bits per heavy atom. The molecular formula is C19H27NO4. The fourth-order valence-electron chi connectivity index (χ4n) is 2.71. The van der Waals surface area contributed by atoms with Gasteiger partial charge in [0.25, 0.3) is 0 Å². The standard InChI is InChI=1S/C19H27NO4/c1-19(2,3)24-18(22)20-12-9-15(10-13-20)11-14-23-17(21)16-7-5-4-6-8-16/h4-8,15H,9-14H2,1-3H3. The second kappa shape index (κ2) is 8.18. The van der Waals surface area contributed by atoms with Gasteiger partial charge in [-0.15, -0.1) is 0 Å². The number of ether oxygens (including phenoxy) is 2. The van der Waals surface area contributed by atoms with Gasteiger partial charge in [-0.1, -0.05) is 18.2 Å². The van der Waals surface area contributed by atoms with Gasteiger partial charge < -0.3 is 14.4 Å². The van der Waals surface area contributed by atoms with Gasteiger partial charge in [-0.25, -0.2) is 9.59 Å². The van der Waals surface area contributed by atoms with E-state index in [1.807, 2.05) is 39.0 Å². The maximum absolute atomic E-state index is 12.0. The number of nitrogens with zero attached hydrogens (tertiary/aromatic N) is 1. The summed E-state index contributed by atoms with van der Waals surface area (Å²) in [6.45, 7) is 7.44. The molecule has 5 nitrogen and oxygen atoms in total. The third-order valence-corrected chi connectivity index (χ3v) is 4.03. The van der Waals surface area contributed by atoms with Crippen LogP contribution in [0.15, 0.2) is 30.3 Å². The average molecular weight is 333 g/mol. The summed E-state index contributed by atoms with van der Waals surface area (Å²) in [5.74, 6) is 0.203. The molecule has 5 heteroatoms. The Hall–Kier alpha value is -2.04. The van der Waals surface area contributed by atoms with Gasteiger partial charge in [0.05, 0.1) is 12.2 Å². The number of benzene rings is 1. The highest BCUT2D eigenvalue weighted by atomic mass is 16.6. The van der Waals surface area contributed by atoms with Crippen molar-refractivity contribution in [3.8, 4) is 0 Å². The first-order chi connectivity index (χ1) is 11.3. The predicted octanol–water partition coefficient (Wildman–Crippen LogP) is 3.88. The van der Waals surface area contributed by atoms with Crippen LogP contribution >= 0.6 is 0 Å². The molecule has 1 amide bonds. The molecule has 0 aromatic heterocycles. The molecule has 1 fully saturated rings. The maximum atomic E-state index is 12.0. The first-order valence-corrected chi connectivity index (χ1v) is 8.55. The number of hydrogen-bond acceptors (Lipinski definition) is 4. The van der Waals surface area contributed by atoms with E-state index in [0.29, 0.717) is 31.2 Å². The Labute approximate surface area is 143 Å². The first kappa shape index (κ1) is 18.3. The Morgan fingerprint density at radius 3 is 2.33 bits per heavy atom. The van der Waals surface area contributed by atoms with Crippen LogP contribution in [0.25, 0.3) is 0 Å². The van der Waals surface area contributed by atoms with Gasteiger partial charge in [-0.2, -0.15) is 0 Å². The van der Waals surface area contributed by atoms with Crippen molar-refractivity contribution < 1.29 is 19.1 Å². The summed E-state index contributed by atoms with van der Waals surface area (Å²) in [5, 5.41) is 0. The second-order valence-corrected chi connectivity index (χ2v) is 7.20. The monoisotopic (exact) mass is 333 g/mol. The molecule has 1 aromatic carbocycles. The molecule has 1 saturated heterocycles. The van der Waals surface area contributed by atoms with Crippen molar-refractivity contribution in [2.75, 3.05) is 19.7 Å². The average Bonchev–Trinajstić information content (AvgIpc) is 2.54. The number of likely N-dealkylation sites (tertiary alicyclic amines) is 1. The highest BCUT2D eigenvalue weighted by Gasteiger charge is 2.26. The van der Waals surface area contributed by atoms with E-state index in [-0.39, 0.29) is 12.1 Å². The van der Waals surface area contributed by atoms with E-state index >= 15 is 0 Å². The molecule has 0 saturated carbocycles. The number of amides is 1. The lowest BCUT2D eigenvalue weighted by molar-refractivity contribution is 0.0169. The van der Waals surface area contributed by atoms with Crippen molar-refractivity contribution in [2.24, 2.45) is 5.92 Å². The Balaban J connectivity index is 1.66. The zero-order chi connectivity index (χ0) is 17.6. The van der Waals surface area contributed by atoms with Crippen molar-refractivity contribution in [1.29, 1.82) is 0 Å². The summed E-state index contributed by atoms with van der Waals surface area (Å²) < 4.78 is 10.7. The van der Waals surface area contributed by atoms with Crippen LogP contribution in [0.5, 0.6) is 0 Å². The Kier molecular flexibility index (Phi) is 6.23. The van der Waals surface area contributed by atoms with Crippen molar-refractivity contribution in [1.82, 2.24) is 4.90 Å². The van der Waals surface area contributed by atoms with E-state index in [1.54, 1.807) is 17.0 Å². The van der Waals surface area contributed by atoms with Gasteiger partial charge in [-0.05, 0) is 58.1 Å². The molecule has 0 atom stereocenters. The highest BCUT2D eigenvalue weighted by Crippen LogP contribution is 2.22. The van der Waals surface area contributed by atoms with Crippen molar-refractivity contribution >= 4 is 12.1 Å². The SMILES string of the molecule is CC(C)(C)OC(=O)N1CCC(CCOC(=O)c2ccccc2)CC1. The number of carbonyl (C=O) groups is 2. The molecule has 1 aromatic rings. The summed E-state index contributed by atoms with van der Waals surface area (Å²) in [5.41, 5.74) is 0.122. The van der Waals surface area contributed by atoms with Crippen molar-refractivity contribution in [3.05, 3.63) is 35.9 Å². The van der Waals surface area contributed by atoms with Crippen LogP contribution in [-0.4, -0.2) is 42.3 Å². The van der Waals surface area contributed by atoms with E-state index in [2.05, 4.69) is 0 Å². The van der Waals surface area contributed by atoms with Gasteiger partial charge >= 0.3 is 12.1 Å². The largest absolute Gasteiger partial charge is 0.462 e. The second-order valence-electron chi connectivity index (χ2n) is 7.20. The number of piperidine rings is 1. The Morgan fingerprint density at radius 2 is 1.75 bits per heavy atom. The summed E-state index contributed by atoms with van der Waals surface area (Å²) in [7, 11) is 0. The lowest BCUT2D eigenvalue weighted by atomic mass is 9.94. The Bertz CT molecular complexity index is 542. The minimum absolute atomic E-state index is 0.239. The van der Waals surface area contributed by atoms with Crippen LogP contribution in [0.4, 0.5) is 4.79 Å². The van der Waals surface area contributed by atoms with Gasteiger partial charge in [-0.3, -0.25) is 0 Å². The smallest absolute Gasteiger partial charge is 0.410 e. The van der Waals surface area contributed by atoms with Crippen LogP contribution in [-0.2, 0) is 9.47 Å². The third-order valence-electron chi connectivity index (χ3n) is 4.03. The summed E-state index contributed by atoms with van der Waals surface area (Å²) in [6.07, 6.45) is 2.43. The molecule has 132 valence electrons. The van der Waals surface area contributed by atoms with Crippen molar-refractivity contribution in [2.45, 2.75) is 45.6 Å². The molecule has 0 unspecified atom stereocenters. The molecule has 1 aliphatic heterocycles. The zero-order valence-electron chi connectivity index (χ0n) is 14.8. The van der Waals surface area contributed by atoms with Crippen molar-refractivity contribution in [3.63, 3.8) is 0 Å². The van der Waals surface area contributed by atoms with E-state index < -0.39 is 5.60 Å². The molecule has 1 heterocycles. The number of carbonyl (C=O) groups excluding carboxylic acids is 2.